The van der Waals surface area contributed by atoms with Crippen molar-refractivity contribution in [3.05, 3.63) is 47.1 Å². The van der Waals surface area contributed by atoms with Gasteiger partial charge in [-0.05, 0) is 31.2 Å². The number of carbonyl (C=O) groups excluding carboxylic acids is 1. The summed E-state index contributed by atoms with van der Waals surface area (Å²) in [6, 6.07) is 9.99. The molecule has 0 bridgehead atoms. The molecule has 0 radical (unpaired) electrons. The fourth-order valence-electron chi connectivity index (χ4n) is 1.74. The minimum Gasteiger partial charge on any atom is -0.490 e. The van der Waals surface area contributed by atoms with Gasteiger partial charge >= 0.3 is 0 Å². The van der Waals surface area contributed by atoms with Crippen molar-refractivity contribution in [2.24, 2.45) is 0 Å². The van der Waals surface area contributed by atoms with Gasteiger partial charge in [-0.1, -0.05) is 11.6 Å². The zero-order chi connectivity index (χ0) is 16.7. The lowest BCUT2D eigenvalue weighted by Crippen LogP contribution is -2.21. The number of pyridine rings is 1. The predicted molar refractivity (Wildman–Crippen MR) is 85.7 cm³/mol. The van der Waals surface area contributed by atoms with Crippen LogP contribution in [0, 0.1) is 11.3 Å². The van der Waals surface area contributed by atoms with E-state index < -0.39 is 0 Å². The summed E-state index contributed by atoms with van der Waals surface area (Å²) in [6.07, 6.45) is 1.44. The Kier molecular flexibility index (Phi) is 5.78. The lowest BCUT2D eigenvalue weighted by molar-refractivity contribution is -0.118. The van der Waals surface area contributed by atoms with Crippen LogP contribution in [0.4, 0.5) is 5.82 Å². The number of benzene rings is 1. The molecule has 0 aliphatic heterocycles. The number of aromatic nitrogens is 1. The molecule has 1 N–H and O–H groups in total. The zero-order valence-electron chi connectivity index (χ0n) is 12.4. The summed E-state index contributed by atoms with van der Waals surface area (Å²) in [5.41, 5.74) is 0.454. The molecule has 0 atom stereocenters. The molecule has 1 amide bonds. The van der Waals surface area contributed by atoms with Crippen LogP contribution in [0.2, 0.25) is 5.02 Å². The number of carbonyl (C=O) groups is 1. The third kappa shape index (κ3) is 4.87. The second-order valence-corrected chi connectivity index (χ2v) is 4.84. The van der Waals surface area contributed by atoms with Crippen molar-refractivity contribution in [1.29, 1.82) is 5.26 Å². The van der Waals surface area contributed by atoms with Crippen molar-refractivity contribution in [1.82, 2.24) is 4.98 Å². The molecule has 1 aromatic carbocycles. The van der Waals surface area contributed by atoms with Crippen LogP contribution < -0.4 is 14.8 Å². The number of hydrogen-bond acceptors (Lipinski definition) is 5. The molecule has 6 nitrogen and oxygen atoms in total. The van der Waals surface area contributed by atoms with Gasteiger partial charge in [0.2, 0.25) is 0 Å². The summed E-state index contributed by atoms with van der Waals surface area (Å²) in [5, 5.41) is 12.0. The molecule has 7 heteroatoms. The molecule has 2 aromatic rings. The Bertz CT molecular complexity index is 726. The number of halogens is 1. The summed E-state index contributed by atoms with van der Waals surface area (Å²) in [5.74, 6) is 0.827. The number of rotatable bonds is 6. The minimum absolute atomic E-state index is 0.212. The molecular formula is C16H14ClN3O3. The van der Waals surface area contributed by atoms with Crippen LogP contribution in [0.1, 0.15) is 12.5 Å². The highest BCUT2D eigenvalue weighted by molar-refractivity contribution is 6.30. The molecular weight excluding hydrogens is 318 g/mol. The van der Waals surface area contributed by atoms with Crippen molar-refractivity contribution >= 4 is 23.3 Å². The molecule has 2 rings (SSSR count). The Morgan fingerprint density at radius 3 is 2.78 bits per heavy atom. The molecule has 0 unspecified atom stereocenters. The van der Waals surface area contributed by atoms with Gasteiger partial charge in [-0.15, -0.1) is 0 Å². The zero-order valence-corrected chi connectivity index (χ0v) is 13.1. The number of anilines is 1. The van der Waals surface area contributed by atoms with Crippen LogP contribution in [0.5, 0.6) is 11.5 Å². The van der Waals surface area contributed by atoms with Gasteiger partial charge in [-0.25, -0.2) is 4.98 Å². The van der Waals surface area contributed by atoms with Gasteiger partial charge in [0.25, 0.3) is 5.91 Å². The van der Waals surface area contributed by atoms with Crippen molar-refractivity contribution in [2.75, 3.05) is 18.5 Å². The van der Waals surface area contributed by atoms with Gasteiger partial charge in [-0.2, -0.15) is 5.26 Å². The van der Waals surface area contributed by atoms with Crippen LogP contribution in [0.15, 0.2) is 36.5 Å². The van der Waals surface area contributed by atoms with E-state index in [0.717, 1.165) is 0 Å². The molecule has 118 valence electrons. The van der Waals surface area contributed by atoms with Crippen molar-refractivity contribution in [3.8, 4) is 17.6 Å². The molecule has 23 heavy (non-hydrogen) atoms. The van der Waals surface area contributed by atoms with Crippen LogP contribution in [-0.2, 0) is 4.79 Å². The summed E-state index contributed by atoms with van der Waals surface area (Å²) in [4.78, 5) is 15.8. The van der Waals surface area contributed by atoms with Crippen LogP contribution in [-0.4, -0.2) is 24.1 Å². The third-order valence-electron chi connectivity index (χ3n) is 2.73. The molecule has 0 fully saturated rings. The summed E-state index contributed by atoms with van der Waals surface area (Å²) < 4.78 is 10.9. The average molecular weight is 332 g/mol. The predicted octanol–water partition coefficient (Wildman–Crippen LogP) is 3.02. The van der Waals surface area contributed by atoms with E-state index in [1.807, 2.05) is 13.0 Å². The first-order valence-electron chi connectivity index (χ1n) is 6.83. The maximum atomic E-state index is 11.9. The number of nitriles is 1. The molecule has 0 saturated heterocycles. The van der Waals surface area contributed by atoms with Crippen LogP contribution >= 0.6 is 11.6 Å². The fraction of sp³-hybridized carbons (Fsp3) is 0.188. The standard InChI is InChI=1S/C16H14ClN3O3/c1-2-22-14-7-11(8-18)3-5-13(14)23-10-16(21)20-15-6-4-12(17)9-19-15/h3-7,9H,2,10H2,1H3,(H,19,20,21). The Balaban J connectivity index is 1.98. The monoisotopic (exact) mass is 331 g/mol. The number of ether oxygens (including phenoxy) is 2. The van der Waals surface area contributed by atoms with Gasteiger partial charge in [0.15, 0.2) is 18.1 Å². The maximum Gasteiger partial charge on any atom is 0.263 e. The van der Waals surface area contributed by atoms with Crippen molar-refractivity contribution in [3.63, 3.8) is 0 Å². The van der Waals surface area contributed by atoms with Crippen LogP contribution in [0.3, 0.4) is 0 Å². The Labute approximate surface area is 138 Å². The van der Waals surface area contributed by atoms with Crippen molar-refractivity contribution < 1.29 is 14.3 Å². The van der Waals surface area contributed by atoms with E-state index in [1.165, 1.54) is 6.20 Å². The summed E-state index contributed by atoms with van der Waals surface area (Å²) in [7, 11) is 0. The first kappa shape index (κ1) is 16.6. The average Bonchev–Trinajstić information content (AvgIpc) is 2.56. The van der Waals surface area contributed by atoms with E-state index in [1.54, 1.807) is 30.3 Å². The van der Waals surface area contributed by atoms with E-state index in [4.69, 9.17) is 26.3 Å². The van der Waals surface area contributed by atoms with E-state index in [0.29, 0.717) is 34.5 Å². The van der Waals surface area contributed by atoms with Gasteiger partial charge in [-0.3, -0.25) is 4.79 Å². The summed E-state index contributed by atoms with van der Waals surface area (Å²) >= 11 is 5.72. The van der Waals surface area contributed by atoms with E-state index in [9.17, 15) is 4.79 Å². The van der Waals surface area contributed by atoms with Gasteiger partial charge in [0.1, 0.15) is 5.82 Å². The SMILES string of the molecule is CCOc1cc(C#N)ccc1OCC(=O)Nc1ccc(Cl)cn1. The molecule has 1 aromatic heterocycles. The topological polar surface area (TPSA) is 84.2 Å². The fourth-order valence-corrected chi connectivity index (χ4v) is 1.85. The number of hydrogen-bond donors (Lipinski definition) is 1. The smallest absolute Gasteiger partial charge is 0.263 e. The number of nitrogens with zero attached hydrogens (tertiary/aromatic N) is 2. The first-order valence-corrected chi connectivity index (χ1v) is 7.21. The number of amides is 1. The Morgan fingerprint density at radius 1 is 1.30 bits per heavy atom. The maximum absolute atomic E-state index is 11.9. The quantitative estimate of drug-likeness (QED) is 0.879. The van der Waals surface area contributed by atoms with Crippen molar-refractivity contribution in [2.45, 2.75) is 6.92 Å². The number of nitrogens with one attached hydrogen (secondary N) is 1. The largest absolute Gasteiger partial charge is 0.490 e. The lowest BCUT2D eigenvalue weighted by Gasteiger charge is -2.12. The molecule has 0 spiro atoms. The third-order valence-corrected chi connectivity index (χ3v) is 2.95. The van der Waals surface area contributed by atoms with Gasteiger partial charge < -0.3 is 14.8 Å². The molecule has 0 saturated carbocycles. The summed E-state index contributed by atoms with van der Waals surface area (Å²) in [6.45, 7) is 2.03. The molecule has 0 aliphatic carbocycles. The minimum atomic E-state index is -0.369. The molecule has 1 heterocycles. The van der Waals surface area contributed by atoms with Crippen LogP contribution in [0.25, 0.3) is 0 Å². The lowest BCUT2D eigenvalue weighted by atomic mass is 10.2. The van der Waals surface area contributed by atoms with Gasteiger partial charge in [0, 0.05) is 12.3 Å². The van der Waals surface area contributed by atoms with E-state index >= 15 is 0 Å². The Morgan fingerprint density at radius 2 is 2.13 bits per heavy atom. The van der Waals surface area contributed by atoms with E-state index in [2.05, 4.69) is 10.3 Å². The highest BCUT2D eigenvalue weighted by atomic mass is 35.5. The highest BCUT2D eigenvalue weighted by Gasteiger charge is 2.10. The molecule has 0 aliphatic rings. The van der Waals surface area contributed by atoms with Gasteiger partial charge in [0.05, 0.1) is 23.3 Å². The normalized spacial score (nSPS) is 9.78. The van der Waals surface area contributed by atoms with E-state index in [-0.39, 0.29) is 12.5 Å². The second kappa shape index (κ2) is 8.01. The first-order chi connectivity index (χ1) is 11.1. The Hall–Kier alpha value is -2.78. The second-order valence-electron chi connectivity index (χ2n) is 4.40. The highest BCUT2D eigenvalue weighted by Crippen LogP contribution is 2.28.